The fourth-order valence-corrected chi connectivity index (χ4v) is 4.69. The first-order valence-corrected chi connectivity index (χ1v) is 11.6. The van der Waals surface area contributed by atoms with Gasteiger partial charge in [0.2, 0.25) is 0 Å². The van der Waals surface area contributed by atoms with Crippen LogP contribution in [-0.2, 0) is 6.18 Å². The zero-order valence-electron chi connectivity index (χ0n) is 19.2. The van der Waals surface area contributed by atoms with Crippen molar-refractivity contribution in [3.8, 4) is 11.5 Å². The van der Waals surface area contributed by atoms with E-state index in [1.807, 2.05) is 24.0 Å². The van der Waals surface area contributed by atoms with Gasteiger partial charge in [0.05, 0.1) is 5.56 Å². The summed E-state index contributed by atoms with van der Waals surface area (Å²) in [6.45, 7) is 3.06. The maximum atomic E-state index is 13.6. The van der Waals surface area contributed by atoms with E-state index < -0.39 is 11.7 Å². The normalized spacial score (nSPS) is 21.4. The number of pyridine rings is 2. The van der Waals surface area contributed by atoms with E-state index in [0.717, 1.165) is 30.7 Å². The van der Waals surface area contributed by atoms with Crippen molar-refractivity contribution in [1.82, 2.24) is 24.8 Å². The predicted molar refractivity (Wildman–Crippen MR) is 123 cm³/mol. The highest BCUT2D eigenvalue weighted by molar-refractivity contribution is 5.94. The summed E-state index contributed by atoms with van der Waals surface area (Å²) in [4.78, 5) is 32.5. The number of amides is 1. The molecule has 1 unspecified atom stereocenters. The molecule has 35 heavy (non-hydrogen) atoms. The van der Waals surface area contributed by atoms with Gasteiger partial charge in [0.15, 0.2) is 5.82 Å². The molecule has 182 valence electrons. The Kier molecular flexibility index (Phi) is 6.12. The lowest BCUT2D eigenvalue weighted by Gasteiger charge is -2.35. The first-order valence-electron chi connectivity index (χ1n) is 11.6. The lowest BCUT2D eigenvalue weighted by atomic mass is 9.98. The van der Waals surface area contributed by atoms with Gasteiger partial charge in [-0.2, -0.15) is 13.2 Å². The van der Waals surface area contributed by atoms with Gasteiger partial charge in [0.1, 0.15) is 17.2 Å². The van der Waals surface area contributed by atoms with Crippen LogP contribution >= 0.6 is 0 Å². The van der Waals surface area contributed by atoms with Crippen molar-refractivity contribution < 1.29 is 18.0 Å². The SMILES string of the molecule is Cc1ccc(-c2ncccn2)nc1C(=O)N1CC2C[C@@H]2C[C@H]1CCNc1ccc(C(F)(F)F)cn1. The summed E-state index contributed by atoms with van der Waals surface area (Å²) in [6.07, 6.45) is 2.39. The van der Waals surface area contributed by atoms with Crippen LogP contribution in [0.4, 0.5) is 19.0 Å². The fourth-order valence-electron chi connectivity index (χ4n) is 4.69. The van der Waals surface area contributed by atoms with Crippen LogP contribution in [0.3, 0.4) is 0 Å². The molecule has 10 heteroatoms. The summed E-state index contributed by atoms with van der Waals surface area (Å²) in [7, 11) is 0. The molecule has 0 bridgehead atoms. The summed E-state index contributed by atoms with van der Waals surface area (Å²) in [5.74, 6) is 1.90. The van der Waals surface area contributed by atoms with Crippen LogP contribution in [0.15, 0.2) is 48.9 Å². The molecule has 5 rings (SSSR count). The average molecular weight is 483 g/mol. The second kappa shape index (κ2) is 9.24. The number of aryl methyl sites for hydroxylation is 1. The van der Waals surface area contributed by atoms with Gasteiger partial charge >= 0.3 is 6.18 Å². The van der Waals surface area contributed by atoms with Gasteiger partial charge in [-0.3, -0.25) is 4.79 Å². The lowest BCUT2D eigenvalue weighted by molar-refractivity contribution is -0.137. The van der Waals surface area contributed by atoms with Crippen LogP contribution in [-0.4, -0.2) is 49.9 Å². The number of likely N-dealkylation sites (tertiary alicyclic amines) is 1. The Balaban J connectivity index is 1.28. The second-order valence-corrected chi connectivity index (χ2v) is 9.18. The Morgan fingerprint density at radius 1 is 1.09 bits per heavy atom. The minimum atomic E-state index is -4.41. The van der Waals surface area contributed by atoms with Crippen LogP contribution in [0.5, 0.6) is 0 Å². The van der Waals surface area contributed by atoms with Crippen LogP contribution < -0.4 is 5.32 Å². The van der Waals surface area contributed by atoms with E-state index >= 15 is 0 Å². The molecule has 3 aromatic rings. The van der Waals surface area contributed by atoms with Crippen molar-refractivity contribution in [2.45, 2.75) is 38.4 Å². The minimum absolute atomic E-state index is 0.0195. The molecule has 2 fully saturated rings. The second-order valence-electron chi connectivity index (χ2n) is 9.18. The number of hydrogen-bond acceptors (Lipinski definition) is 6. The van der Waals surface area contributed by atoms with E-state index in [1.165, 1.54) is 6.07 Å². The number of carbonyl (C=O) groups excluding carboxylic acids is 1. The van der Waals surface area contributed by atoms with Crippen molar-refractivity contribution in [2.75, 3.05) is 18.4 Å². The van der Waals surface area contributed by atoms with Crippen molar-refractivity contribution in [3.63, 3.8) is 0 Å². The Bertz CT molecular complexity index is 1200. The molecule has 0 radical (unpaired) electrons. The molecule has 1 saturated carbocycles. The summed E-state index contributed by atoms with van der Waals surface area (Å²) < 4.78 is 38.3. The number of piperidine rings is 1. The zero-order valence-corrected chi connectivity index (χ0v) is 19.2. The number of hydrogen-bond donors (Lipinski definition) is 1. The first-order chi connectivity index (χ1) is 16.8. The molecule has 7 nitrogen and oxygen atoms in total. The molecule has 1 saturated heterocycles. The Hall–Kier alpha value is -3.56. The van der Waals surface area contributed by atoms with Crippen molar-refractivity contribution >= 4 is 11.7 Å². The smallest absolute Gasteiger partial charge is 0.370 e. The Morgan fingerprint density at radius 2 is 1.89 bits per heavy atom. The van der Waals surface area contributed by atoms with Crippen LogP contribution in [0.2, 0.25) is 0 Å². The molecule has 0 aromatic carbocycles. The third kappa shape index (κ3) is 5.11. The molecule has 3 atom stereocenters. The number of rotatable bonds is 6. The highest BCUT2D eigenvalue weighted by Crippen LogP contribution is 2.48. The van der Waals surface area contributed by atoms with Crippen molar-refractivity contribution in [1.29, 1.82) is 0 Å². The molecule has 3 aromatic heterocycles. The molecular formula is C25H25F3N6O. The molecular weight excluding hydrogens is 457 g/mol. The minimum Gasteiger partial charge on any atom is -0.370 e. The molecule has 1 aliphatic heterocycles. The average Bonchev–Trinajstić information content (AvgIpc) is 3.62. The molecule has 1 amide bonds. The number of halogens is 3. The highest BCUT2D eigenvalue weighted by Gasteiger charge is 2.47. The van der Waals surface area contributed by atoms with Crippen LogP contribution in [0, 0.1) is 18.8 Å². The standard InChI is InChI=1S/C25H25F3N6O/c1-15-3-5-20(23-30-8-2-9-31-23)33-22(15)24(35)34-14-17-11-16(17)12-19(34)7-10-29-21-6-4-18(13-32-21)25(26,27)28/h2-6,8-9,13,16-17,19H,7,10-12,14H2,1H3,(H,29,32)/t16-,17?,19-/m1/s1. The van der Waals surface area contributed by atoms with Crippen molar-refractivity contribution in [2.24, 2.45) is 11.8 Å². The molecule has 1 N–H and O–H groups in total. The highest BCUT2D eigenvalue weighted by atomic mass is 19.4. The van der Waals surface area contributed by atoms with E-state index in [9.17, 15) is 18.0 Å². The zero-order chi connectivity index (χ0) is 24.6. The van der Waals surface area contributed by atoms with Gasteiger partial charge in [-0.05, 0) is 67.9 Å². The van der Waals surface area contributed by atoms with Gasteiger partial charge in [-0.15, -0.1) is 0 Å². The number of fused-ring (bicyclic) bond motifs is 1. The van der Waals surface area contributed by atoms with Crippen molar-refractivity contribution in [3.05, 3.63) is 65.7 Å². The number of alkyl halides is 3. The van der Waals surface area contributed by atoms with E-state index in [4.69, 9.17) is 0 Å². The Morgan fingerprint density at radius 3 is 2.60 bits per heavy atom. The van der Waals surface area contributed by atoms with Gasteiger partial charge in [-0.25, -0.2) is 19.9 Å². The van der Waals surface area contributed by atoms with E-state index in [1.54, 1.807) is 18.5 Å². The molecule has 0 spiro atoms. The summed E-state index contributed by atoms with van der Waals surface area (Å²) in [5.41, 5.74) is 0.959. The monoisotopic (exact) mass is 482 g/mol. The van der Waals surface area contributed by atoms with E-state index in [0.29, 0.717) is 54.4 Å². The van der Waals surface area contributed by atoms with Gasteiger partial charge in [0, 0.05) is 37.7 Å². The third-order valence-corrected chi connectivity index (χ3v) is 6.75. The summed E-state index contributed by atoms with van der Waals surface area (Å²) >= 11 is 0. The predicted octanol–water partition coefficient (Wildman–Crippen LogP) is 4.61. The quantitative estimate of drug-likeness (QED) is 0.552. The number of carbonyl (C=O) groups is 1. The van der Waals surface area contributed by atoms with E-state index in [-0.39, 0.29) is 11.9 Å². The number of aromatic nitrogens is 4. The molecule has 2 aliphatic rings. The largest absolute Gasteiger partial charge is 0.417 e. The topological polar surface area (TPSA) is 83.9 Å². The summed E-state index contributed by atoms with van der Waals surface area (Å²) in [6, 6.07) is 7.76. The third-order valence-electron chi connectivity index (χ3n) is 6.75. The van der Waals surface area contributed by atoms with Crippen LogP contribution in [0.25, 0.3) is 11.5 Å². The summed E-state index contributed by atoms with van der Waals surface area (Å²) in [5, 5.41) is 3.09. The first kappa shape index (κ1) is 23.2. The fraction of sp³-hybridized carbons (Fsp3) is 0.400. The van der Waals surface area contributed by atoms with E-state index in [2.05, 4.69) is 25.3 Å². The number of nitrogens with one attached hydrogen (secondary N) is 1. The maximum absolute atomic E-state index is 13.6. The Labute approximate surface area is 200 Å². The number of nitrogens with zero attached hydrogens (tertiary/aromatic N) is 5. The molecule has 4 heterocycles. The maximum Gasteiger partial charge on any atom is 0.417 e. The molecule has 1 aliphatic carbocycles. The lowest BCUT2D eigenvalue weighted by Crippen LogP contribution is -2.46. The van der Waals surface area contributed by atoms with Gasteiger partial charge in [0.25, 0.3) is 5.91 Å². The number of anilines is 1. The van der Waals surface area contributed by atoms with Gasteiger partial charge < -0.3 is 10.2 Å². The van der Waals surface area contributed by atoms with Crippen LogP contribution in [0.1, 0.15) is 40.9 Å². The van der Waals surface area contributed by atoms with Gasteiger partial charge in [-0.1, -0.05) is 6.07 Å².